The summed E-state index contributed by atoms with van der Waals surface area (Å²) >= 11 is 14.2. The normalized spacial score (nSPS) is 19.7. The number of halogens is 2. The van der Waals surface area contributed by atoms with E-state index in [2.05, 4.69) is 26.1 Å². The first kappa shape index (κ1) is 29.7. The zero-order chi connectivity index (χ0) is 30.6. The lowest BCUT2D eigenvalue weighted by Crippen LogP contribution is -2.33. The Hall–Kier alpha value is -3.37. The molecule has 3 aromatic carbocycles. The molecule has 6 rings (SSSR count). The maximum Gasteiger partial charge on any atom is 0.308 e. The molecule has 3 atom stereocenters. The van der Waals surface area contributed by atoms with E-state index < -0.39 is 23.0 Å². The van der Waals surface area contributed by atoms with E-state index in [0.29, 0.717) is 31.3 Å². The zero-order valence-electron chi connectivity index (χ0n) is 23.5. The van der Waals surface area contributed by atoms with Gasteiger partial charge in [-0.25, -0.2) is 4.90 Å². The van der Waals surface area contributed by atoms with Crippen LogP contribution in [0.3, 0.4) is 0 Å². The molecule has 0 bridgehead atoms. The number of hydrogen-bond acceptors (Lipinski definition) is 6. The number of thioether (sulfide) groups is 1. The molecule has 3 amide bonds. The first-order chi connectivity index (χ1) is 20.4. The van der Waals surface area contributed by atoms with Crippen molar-refractivity contribution < 1.29 is 14.4 Å². The first-order valence-electron chi connectivity index (χ1n) is 13.6. The highest BCUT2D eigenvalue weighted by atomic mass is 35.5. The highest BCUT2D eigenvalue weighted by Gasteiger charge is 2.56. The standard InChI is InChI=1S/C32H27Cl2N3O4S2/c1-32(2,3)18-6-4-17(5-7-18)24-25-26(29(40)37(28(25)39)22-14-10-20(34)11-15-22)42-30-27(24)43-31(41)36(30)16-23(38)35-21-12-8-19(33)9-13-21/h4-15,24-26H,16H2,1-3H3,(H,35,38)/t24-,25+,26-/m0/s1. The molecule has 0 unspecified atom stereocenters. The van der Waals surface area contributed by atoms with Crippen LogP contribution in [0.25, 0.3) is 0 Å². The number of carbonyl (C=O) groups is 3. The van der Waals surface area contributed by atoms with Gasteiger partial charge in [-0.05, 0) is 65.1 Å². The van der Waals surface area contributed by atoms with E-state index in [0.717, 1.165) is 22.5 Å². The Labute approximate surface area is 266 Å². The Balaban J connectivity index is 1.41. The number of fused-ring (bicyclic) bond motifs is 2. The summed E-state index contributed by atoms with van der Waals surface area (Å²) in [4.78, 5) is 56.0. The van der Waals surface area contributed by atoms with Gasteiger partial charge in [-0.3, -0.25) is 23.7 Å². The first-order valence-corrected chi connectivity index (χ1v) is 16.1. The molecule has 43 heavy (non-hydrogen) atoms. The molecule has 0 saturated carbocycles. The predicted molar refractivity (Wildman–Crippen MR) is 173 cm³/mol. The largest absolute Gasteiger partial charge is 0.325 e. The molecule has 1 aromatic heterocycles. The van der Waals surface area contributed by atoms with Crippen LogP contribution in [0.5, 0.6) is 0 Å². The second-order valence-corrected chi connectivity index (χ2v) is 14.6. The SMILES string of the molecule is CC(C)(C)c1ccc([C@@H]2c3sc(=O)n(CC(=O)Nc4ccc(Cl)cc4)c3S[C@@H]3C(=O)N(c4ccc(Cl)cc4)C(=O)[C@H]23)cc1. The lowest BCUT2D eigenvalue weighted by Gasteiger charge is -2.31. The second-order valence-electron chi connectivity index (χ2n) is 11.6. The highest BCUT2D eigenvalue weighted by Crippen LogP contribution is 2.54. The van der Waals surface area contributed by atoms with Gasteiger partial charge in [0.05, 0.1) is 16.6 Å². The number of carbonyl (C=O) groups excluding carboxylic acids is 3. The molecule has 11 heteroatoms. The number of nitrogens with one attached hydrogen (secondary N) is 1. The predicted octanol–water partition coefficient (Wildman–Crippen LogP) is 6.95. The fourth-order valence-corrected chi connectivity index (χ4v) is 8.55. The Morgan fingerprint density at radius 2 is 1.47 bits per heavy atom. The van der Waals surface area contributed by atoms with Crippen molar-refractivity contribution in [3.8, 4) is 0 Å². The molecule has 2 aliphatic rings. The van der Waals surface area contributed by atoms with Crippen LogP contribution in [0, 0.1) is 5.92 Å². The third-order valence-corrected chi connectivity index (χ3v) is 10.8. The van der Waals surface area contributed by atoms with E-state index in [1.54, 1.807) is 48.5 Å². The van der Waals surface area contributed by atoms with Crippen LogP contribution in [0.2, 0.25) is 10.0 Å². The van der Waals surface area contributed by atoms with Gasteiger partial charge >= 0.3 is 4.87 Å². The summed E-state index contributed by atoms with van der Waals surface area (Å²) in [6.07, 6.45) is 0. The number of nitrogens with zero attached hydrogens (tertiary/aromatic N) is 2. The van der Waals surface area contributed by atoms with Crippen molar-refractivity contribution in [3.63, 3.8) is 0 Å². The number of anilines is 2. The topological polar surface area (TPSA) is 88.5 Å². The van der Waals surface area contributed by atoms with Gasteiger partial charge in [0.15, 0.2) is 0 Å². The number of thiazole rings is 1. The molecule has 1 fully saturated rings. The molecule has 1 N–H and O–H groups in total. The molecule has 7 nitrogen and oxygen atoms in total. The number of amides is 3. The Morgan fingerprint density at radius 3 is 2.07 bits per heavy atom. The monoisotopic (exact) mass is 651 g/mol. The summed E-state index contributed by atoms with van der Waals surface area (Å²) < 4.78 is 1.41. The lowest BCUT2D eigenvalue weighted by atomic mass is 9.81. The van der Waals surface area contributed by atoms with Gasteiger partial charge in [0.25, 0.3) is 0 Å². The summed E-state index contributed by atoms with van der Waals surface area (Å²) in [5, 5.41) is 3.59. The molecule has 2 aliphatic heterocycles. The van der Waals surface area contributed by atoms with E-state index in [4.69, 9.17) is 23.2 Å². The van der Waals surface area contributed by atoms with Crippen LogP contribution in [0.4, 0.5) is 11.4 Å². The molecular weight excluding hydrogens is 625 g/mol. The van der Waals surface area contributed by atoms with Crippen molar-refractivity contribution in [1.82, 2.24) is 4.57 Å². The summed E-state index contributed by atoms with van der Waals surface area (Å²) in [6.45, 7) is 6.13. The van der Waals surface area contributed by atoms with E-state index in [9.17, 15) is 19.2 Å². The zero-order valence-corrected chi connectivity index (χ0v) is 26.6. The fraction of sp³-hybridized carbons (Fsp3) is 0.250. The van der Waals surface area contributed by atoms with Gasteiger partial charge in [-0.1, -0.05) is 91.3 Å². The number of imide groups is 1. The minimum Gasteiger partial charge on any atom is -0.325 e. The smallest absolute Gasteiger partial charge is 0.308 e. The van der Waals surface area contributed by atoms with Crippen LogP contribution < -0.4 is 15.1 Å². The van der Waals surface area contributed by atoms with Crippen LogP contribution >= 0.6 is 46.3 Å². The minimum atomic E-state index is -0.775. The van der Waals surface area contributed by atoms with E-state index in [1.165, 1.54) is 21.2 Å². The number of hydrogen-bond donors (Lipinski definition) is 1. The number of aromatic nitrogens is 1. The number of benzene rings is 3. The third-order valence-electron chi connectivity index (χ3n) is 7.70. The Bertz CT molecular complexity index is 1790. The molecule has 0 radical (unpaired) electrons. The quantitative estimate of drug-likeness (QED) is 0.236. The summed E-state index contributed by atoms with van der Waals surface area (Å²) in [6, 6.07) is 21.3. The number of rotatable bonds is 5. The lowest BCUT2D eigenvalue weighted by molar-refractivity contribution is -0.122. The van der Waals surface area contributed by atoms with Gasteiger partial charge < -0.3 is 5.32 Å². The Kier molecular flexibility index (Phi) is 7.79. The molecular formula is C32H27Cl2N3O4S2. The van der Waals surface area contributed by atoms with Crippen LogP contribution in [0.15, 0.2) is 82.6 Å². The van der Waals surface area contributed by atoms with Gasteiger partial charge in [0.2, 0.25) is 17.7 Å². The summed E-state index contributed by atoms with van der Waals surface area (Å²) in [5.41, 5.74) is 2.87. The van der Waals surface area contributed by atoms with E-state index in [-0.39, 0.29) is 28.6 Å². The van der Waals surface area contributed by atoms with Gasteiger partial charge in [-0.2, -0.15) is 0 Å². The average molecular weight is 653 g/mol. The van der Waals surface area contributed by atoms with Crippen molar-refractivity contribution in [2.45, 2.75) is 48.9 Å². The fourth-order valence-electron chi connectivity index (χ4n) is 5.53. The molecule has 1 saturated heterocycles. The second kappa shape index (κ2) is 11.3. The van der Waals surface area contributed by atoms with E-state index >= 15 is 0 Å². The van der Waals surface area contributed by atoms with E-state index in [1.807, 2.05) is 24.3 Å². The average Bonchev–Trinajstić information content (AvgIpc) is 3.40. The van der Waals surface area contributed by atoms with Crippen molar-refractivity contribution in [2.75, 3.05) is 10.2 Å². The maximum atomic E-state index is 14.1. The molecule has 0 spiro atoms. The molecule has 4 aromatic rings. The van der Waals surface area contributed by atoms with Gasteiger partial charge in [0.1, 0.15) is 11.8 Å². The van der Waals surface area contributed by atoms with Gasteiger partial charge in [0, 0.05) is 26.5 Å². The summed E-state index contributed by atoms with van der Waals surface area (Å²) in [7, 11) is 0. The third kappa shape index (κ3) is 5.55. The molecule has 220 valence electrons. The minimum absolute atomic E-state index is 0.0786. The maximum absolute atomic E-state index is 14.1. The van der Waals surface area contributed by atoms with Crippen molar-refractivity contribution in [3.05, 3.63) is 109 Å². The van der Waals surface area contributed by atoms with Crippen molar-refractivity contribution in [1.29, 1.82) is 0 Å². The van der Waals surface area contributed by atoms with Crippen molar-refractivity contribution >= 4 is 75.4 Å². The Morgan fingerprint density at radius 1 is 0.860 bits per heavy atom. The van der Waals surface area contributed by atoms with Crippen LogP contribution in [-0.2, 0) is 26.3 Å². The summed E-state index contributed by atoms with van der Waals surface area (Å²) in [5.74, 6) is -2.35. The van der Waals surface area contributed by atoms with Crippen LogP contribution in [-0.4, -0.2) is 27.5 Å². The van der Waals surface area contributed by atoms with Gasteiger partial charge in [-0.15, -0.1) is 0 Å². The molecule has 0 aliphatic carbocycles. The van der Waals surface area contributed by atoms with Crippen LogP contribution in [0.1, 0.15) is 42.7 Å². The molecule has 3 heterocycles. The highest BCUT2D eigenvalue weighted by molar-refractivity contribution is 8.00. The van der Waals surface area contributed by atoms with Crippen molar-refractivity contribution in [2.24, 2.45) is 5.92 Å².